The molecular weight excluding hydrogens is 330 g/mol. The van der Waals surface area contributed by atoms with Crippen LogP contribution in [0.5, 0.6) is 0 Å². The molecular formula is C19H25N5O2. The minimum atomic E-state index is -0.234. The van der Waals surface area contributed by atoms with E-state index < -0.39 is 0 Å². The number of H-pyrrole nitrogens is 1. The molecule has 0 saturated heterocycles. The van der Waals surface area contributed by atoms with Crippen LogP contribution in [0, 0.1) is 13.8 Å². The maximum Gasteiger partial charge on any atom is 0.254 e. The van der Waals surface area contributed by atoms with Gasteiger partial charge >= 0.3 is 0 Å². The number of fused-ring (bicyclic) bond motifs is 1. The van der Waals surface area contributed by atoms with Gasteiger partial charge in [0.2, 0.25) is 5.91 Å². The summed E-state index contributed by atoms with van der Waals surface area (Å²) in [6, 6.07) is 0. The predicted molar refractivity (Wildman–Crippen MR) is 98.2 cm³/mol. The van der Waals surface area contributed by atoms with Crippen LogP contribution in [-0.4, -0.2) is 32.4 Å². The van der Waals surface area contributed by atoms with E-state index >= 15 is 0 Å². The Labute approximate surface area is 152 Å². The summed E-state index contributed by atoms with van der Waals surface area (Å²) in [7, 11) is 0. The maximum absolute atomic E-state index is 12.2. The summed E-state index contributed by atoms with van der Waals surface area (Å²) in [6.07, 6.45) is 4.49. The number of aromatic nitrogens is 4. The van der Waals surface area contributed by atoms with Crippen LogP contribution < -0.4 is 10.9 Å². The van der Waals surface area contributed by atoms with Crippen molar-refractivity contribution in [3.63, 3.8) is 0 Å². The van der Waals surface area contributed by atoms with E-state index in [0.717, 1.165) is 36.5 Å². The van der Waals surface area contributed by atoms with Crippen molar-refractivity contribution in [2.75, 3.05) is 6.54 Å². The Hall–Kier alpha value is -2.57. The number of rotatable bonds is 6. The van der Waals surface area contributed by atoms with Crippen molar-refractivity contribution >= 4 is 5.91 Å². The zero-order valence-electron chi connectivity index (χ0n) is 15.6. The van der Waals surface area contributed by atoms with Crippen molar-refractivity contribution < 1.29 is 4.79 Å². The van der Waals surface area contributed by atoms with Crippen LogP contribution in [0.15, 0.2) is 4.79 Å². The van der Waals surface area contributed by atoms with Crippen LogP contribution in [-0.2, 0) is 36.9 Å². The van der Waals surface area contributed by atoms with E-state index in [2.05, 4.69) is 25.3 Å². The fourth-order valence-corrected chi connectivity index (χ4v) is 3.38. The van der Waals surface area contributed by atoms with E-state index in [0.29, 0.717) is 36.5 Å². The zero-order chi connectivity index (χ0) is 18.7. The zero-order valence-corrected chi connectivity index (χ0v) is 15.6. The largest absolute Gasteiger partial charge is 0.355 e. The van der Waals surface area contributed by atoms with E-state index in [1.807, 2.05) is 13.8 Å². The fourth-order valence-electron chi connectivity index (χ4n) is 3.38. The van der Waals surface area contributed by atoms with Crippen molar-refractivity contribution in [1.29, 1.82) is 0 Å². The van der Waals surface area contributed by atoms with Crippen LogP contribution in [0.4, 0.5) is 0 Å². The smallest absolute Gasteiger partial charge is 0.254 e. The van der Waals surface area contributed by atoms with Crippen molar-refractivity contribution in [2.45, 2.75) is 59.3 Å². The van der Waals surface area contributed by atoms with Gasteiger partial charge in [-0.25, -0.2) is 15.0 Å². The summed E-state index contributed by atoms with van der Waals surface area (Å²) in [4.78, 5) is 40.5. The van der Waals surface area contributed by atoms with Crippen LogP contribution >= 0.6 is 0 Å². The molecule has 1 aliphatic rings. The number of nitrogens with one attached hydrogen (secondary N) is 2. The minimum absolute atomic E-state index is 0.0300. The standard InChI is InChI=1S/C19H25N5O2/c1-4-16-21-12(3)14(19(26)24-16)10-18(25)20-9-8-17-22-11(2)13-6-5-7-15(13)23-17/h4-10H2,1-3H3,(H,20,25)(H,21,24,26). The first-order valence-corrected chi connectivity index (χ1v) is 9.18. The van der Waals surface area contributed by atoms with Crippen molar-refractivity contribution in [1.82, 2.24) is 25.3 Å². The summed E-state index contributed by atoms with van der Waals surface area (Å²) in [5.74, 6) is 1.22. The first-order valence-electron chi connectivity index (χ1n) is 9.18. The van der Waals surface area contributed by atoms with Gasteiger partial charge in [0, 0.05) is 42.0 Å². The van der Waals surface area contributed by atoms with Crippen molar-refractivity contribution in [3.05, 3.63) is 50.2 Å². The second-order valence-electron chi connectivity index (χ2n) is 6.71. The highest BCUT2D eigenvalue weighted by molar-refractivity contribution is 5.78. The summed E-state index contributed by atoms with van der Waals surface area (Å²) < 4.78 is 0. The first-order chi connectivity index (χ1) is 12.5. The van der Waals surface area contributed by atoms with Crippen molar-refractivity contribution in [3.8, 4) is 0 Å². The molecule has 0 aliphatic heterocycles. The Morgan fingerprint density at radius 3 is 2.69 bits per heavy atom. The lowest BCUT2D eigenvalue weighted by molar-refractivity contribution is -0.120. The highest BCUT2D eigenvalue weighted by atomic mass is 16.2. The van der Waals surface area contributed by atoms with Gasteiger partial charge in [0.25, 0.3) is 5.56 Å². The van der Waals surface area contributed by atoms with Gasteiger partial charge in [0.05, 0.1) is 6.42 Å². The fraction of sp³-hybridized carbons (Fsp3) is 0.526. The van der Waals surface area contributed by atoms with Gasteiger partial charge in [-0.3, -0.25) is 9.59 Å². The maximum atomic E-state index is 12.2. The number of hydrogen-bond donors (Lipinski definition) is 2. The number of aromatic amines is 1. The van der Waals surface area contributed by atoms with Gasteiger partial charge in [-0.1, -0.05) is 6.92 Å². The van der Waals surface area contributed by atoms with Crippen LogP contribution in [0.1, 0.15) is 53.2 Å². The number of aryl methyl sites for hydroxylation is 4. The lowest BCUT2D eigenvalue weighted by atomic mass is 10.1. The van der Waals surface area contributed by atoms with Crippen LogP contribution in [0.2, 0.25) is 0 Å². The molecule has 138 valence electrons. The highest BCUT2D eigenvalue weighted by Crippen LogP contribution is 2.22. The van der Waals surface area contributed by atoms with Crippen LogP contribution in [0.3, 0.4) is 0 Å². The summed E-state index contributed by atoms with van der Waals surface area (Å²) in [5, 5.41) is 2.85. The highest BCUT2D eigenvalue weighted by Gasteiger charge is 2.17. The van der Waals surface area contributed by atoms with Gasteiger partial charge in [0.1, 0.15) is 11.6 Å². The molecule has 7 nitrogen and oxygen atoms in total. The molecule has 1 aliphatic carbocycles. The first kappa shape index (κ1) is 18.2. The molecule has 0 atom stereocenters. The third kappa shape index (κ3) is 3.98. The van der Waals surface area contributed by atoms with E-state index in [4.69, 9.17) is 0 Å². The molecule has 2 aromatic rings. The average Bonchev–Trinajstić information content (AvgIpc) is 3.07. The lowest BCUT2D eigenvalue weighted by Crippen LogP contribution is -2.31. The molecule has 26 heavy (non-hydrogen) atoms. The van der Waals surface area contributed by atoms with E-state index in [9.17, 15) is 9.59 Å². The van der Waals surface area contributed by atoms with Gasteiger partial charge < -0.3 is 10.3 Å². The SMILES string of the molecule is CCc1nc(C)c(CC(=O)NCCc2nc(C)c3c(n2)CCC3)c(=O)[nH]1. The molecule has 0 saturated carbocycles. The second-order valence-corrected chi connectivity index (χ2v) is 6.71. The minimum Gasteiger partial charge on any atom is -0.355 e. The Morgan fingerprint density at radius 1 is 1.15 bits per heavy atom. The Bertz CT molecular complexity index is 888. The Morgan fingerprint density at radius 2 is 1.96 bits per heavy atom. The number of carbonyl (C=O) groups excluding carboxylic acids is 1. The molecule has 3 rings (SSSR count). The Balaban J connectivity index is 1.57. The van der Waals surface area contributed by atoms with E-state index in [1.165, 1.54) is 5.56 Å². The quantitative estimate of drug-likeness (QED) is 0.809. The predicted octanol–water partition coefficient (Wildman–Crippen LogP) is 1.13. The summed E-state index contributed by atoms with van der Waals surface area (Å²) >= 11 is 0. The monoisotopic (exact) mass is 355 g/mol. The third-order valence-electron chi connectivity index (χ3n) is 4.80. The van der Waals surface area contributed by atoms with E-state index in [-0.39, 0.29) is 17.9 Å². The normalized spacial score (nSPS) is 12.9. The van der Waals surface area contributed by atoms with Gasteiger partial charge in [-0.05, 0) is 38.7 Å². The molecule has 2 N–H and O–H groups in total. The number of nitrogens with zero attached hydrogens (tertiary/aromatic N) is 3. The molecule has 2 heterocycles. The molecule has 0 radical (unpaired) electrons. The summed E-state index contributed by atoms with van der Waals surface area (Å²) in [5.41, 5.74) is 4.29. The topological polar surface area (TPSA) is 101 Å². The molecule has 2 aromatic heterocycles. The number of carbonyl (C=O) groups is 1. The second kappa shape index (κ2) is 7.76. The Kier molecular flexibility index (Phi) is 5.44. The third-order valence-corrected chi connectivity index (χ3v) is 4.80. The number of hydrogen-bond acceptors (Lipinski definition) is 5. The van der Waals surface area contributed by atoms with E-state index in [1.54, 1.807) is 6.92 Å². The molecule has 7 heteroatoms. The molecule has 0 bridgehead atoms. The van der Waals surface area contributed by atoms with Gasteiger partial charge in [-0.2, -0.15) is 0 Å². The molecule has 1 amide bonds. The van der Waals surface area contributed by atoms with Gasteiger partial charge in [-0.15, -0.1) is 0 Å². The molecule has 0 fully saturated rings. The molecule has 0 aromatic carbocycles. The molecule has 0 unspecified atom stereocenters. The lowest BCUT2D eigenvalue weighted by Gasteiger charge is -2.09. The summed E-state index contributed by atoms with van der Waals surface area (Å²) in [6.45, 7) is 6.16. The van der Waals surface area contributed by atoms with Crippen LogP contribution in [0.25, 0.3) is 0 Å². The van der Waals surface area contributed by atoms with Gasteiger partial charge in [0.15, 0.2) is 0 Å². The number of amides is 1. The average molecular weight is 355 g/mol. The van der Waals surface area contributed by atoms with Crippen molar-refractivity contribution in [2.24, 2.45) is 0 Å². The molecule has 0 spiro atoms.